The Balaban J connectivity index is 1.39. The zero-order chi connectivity index (χ0) is 26.0. The van der Waals surface area contributed by atoms with Gasteiger partial charge in [0, 0.05) is 66.6 Å². The van der Waals surface area contributed by atoms with Crippen molar-refractivity contribution >= 4 is 39.2 Å². The highest BCUT2D eigenvalue weighted by Crippen LogP contribution is 2.44. The number of aryl methyl sites for hydroxylation is 1. The Morgan fingerprint density at radius 1 is 1.11 bits per heavy atom. The van der Waals surface area contributed by atoms with Crippen LogP contribution in [0.25, 0.3) is 32.9 Å². The smallest absolute Gasteiger partial charge is 0.319 e. The summed E-state index contributed by atoms with van der Waals surface area (Å²) in [6.07, 6.45) is 4.58. The molecule has 5 heterocycles. The Hall–Kier alpha value is -3.01. The Kier molecular flexibility index (Phi) is 5.72. The maximum absolute atomic E-state index is 16.6. The number of ether oxygens (including phenoxy) is 1. The average molecular weight is 536 g/mol. The third kappa shape index (κ3) is 3.90. The first-order valence-corrected chi connectivity index (χ1v) is 13.7. The van der Waals surface area contributed by atoms with Crippen molar-refractivity contribution in [1.82, 2.24) is 30.4 Å². The van der Waals surface area contributed by atoms with E-state index in [0.29, 0.717) is 21.8 Å². The molecule has 2 aromatic heterocycles. The minimum absolute atomic E-state index is 0.00834. The number of nitrogens with one attached hydrogen (secondary N) is 2. The molecule has 0 radical (unpaired) electrons. The third-order valence-corrected chi connectivity index (χ3v) is 8.90. The van der Waals surface area contributed by atoms with Crippen LogP contribution in [0.2, 0.25) is 5.02 Å². The standard InChI is InChI=1S/C28H31ClFN7O/c1-16-3-4-21-19(12-32-35-21)22(16)23-20(29)11-18-25(24(23)30)33-27(38-17-5-8-36(2)9-6-17)34-26(18)37-10-7-28(15-37)13-31-14-28/h3-4,11-12,17,31H,5-10,13-15H2,1-2H3,(H,32,35). The fraction of sp³-hybridized carbons (Fsp3) is 0.464. The second-order valence-electron chi connectivity index (χ2n) is 11.3. The molecule has 0 bridgehead atoms. The van der Waals surface area contributed by atoms with Crippen LogP contribution in [-0.2, 0) is 0 Å². The van der Waals surface area contributed by atoms with Crippen molar-refractivity contribution in [1.29, 1.82) is 0 Å². The number of aromatic amines is 1. The van der Waals surface area contributed by atoms with Crippen LogP contribution in [0.1, 0.15) is 24.8 Å². The van der Waals surface area contributed by atoms with E-state index in [1.165, 1.54) is 0 Å². The van der Waals surface area contributed by atoms with Crippen LogP contribution in [0.4, 0.5) is 10.2 Å². The molecule has 38 heavy (non-hydrogen) atoms. The van der Waals surface area contributed by atoms with Crippen LogP contribution < -0.4 is 15.0 Å². The molecule has 3 saturated heterocycles. The molecule has 10 heteroatoms. The number of anilines is 1. The average Bonchev–Trinajstić information content (AvgIpc) is 3.55. The topological polar surface area (TPSA) is 82.2 Å². The number of hydrogen-bond donors (Lipinski definition) is 2. The summed E-state index contributed by atoms with van der Waals surface area (Å²) in [6.45, 7) is 7.59. The zero-order valence-corrected chi connectivity index (χ0v) is 22.4. The maximum atomic E-state index is 16.6. The Bertz CT molecular complexity index is 1540. The van der Waals surface area contributed by atoms with Gasteiger partial charge in [-0.3, -0.25) is 5.10 Å². The number of nitrogens with zero attached hydrogens (tertiary/aromatic N) is 5. The van der Waals surface area contributed by atoms with E-state index < -0.39 is 5.82 Å². The van der Waals surface area contributed by atoms with E-state index in [4.69, 9.17) is 21.3 Å². The van der Waals surface area contributed by atoms with Gasteiger partial charge in [0.2, 0.25) is 0 Å². The van der Waals surface area contributed by atoms with Gasteiger partial charge in [-0.25, -0.2) is 4.39 Å². The number of halogens is 2. The Morgan fingerprint density at radius 2 is 1.92 bits per heavy atom. The van der Waals surface area contributed by atoms with Crippen molar-refractivity contribution < 1.29 is 9.13 Å². The Labute approximate surface area is 225 Å². The molecule has 4 aromatic rings. The first kappa shape index (κ1) is 24.1. The number of rotatable bonds is 4. The lowest BCUT2D eigenvalue weighted by molar-refractivity contribution is 0.105. The van der Waals surface area contributed by atoms with Crippen molar-refractivity contribution in [2.45, 2.75) is 32.3 Å². The molecule has 1 spiro atoms. The largest absolute Gasteiger partial charge is 0.460 e. The first-order valence-electron chi connectivity index (χ1n) is 13.3. The molecule has 2 aromatic carbocycles. The van der Waals surface area contributed by atoms with Gasteiger partial charge < -0.3 is 19.9 Å². The van der Waals surface area contributed by atoms with Crippen LogP contribution >= 0.6 is 11.6 Å². The van der Waals surface area contributed by atoms with Gasteiger partial charge in [-0.2, -0.15) is 15.1 Å². The van der Waals surface area contributed by atoms with Crippen molar-refractivity contribution in [3.63, 3.8) is 0 Å². The van der Waals surface area contributed by atoms with Gasteiger partial charge in [-0.1, -0.05) is 17.7 Å². The molecule has 7 rings (SSSR count). The molecule has 3 fully saturated rings. The Morgan fingerprint density at radius 3 is 2.66 bits per heavy atom. The molecule has 0 saturated carbocycles. The number of fused-ring (bicyclic) bond motifs is 2. The second kappa shape index (κ2) is 9.03. The van der Waals surface area contributed by atoms with Gasteiger partial charge in [0.05, 0.1) is 16.7 Å². The summed E-state index contributed by atoms with van der Waals surface area (Å²) in [4.78, 5) is 14.1. The van der Waals surface area contributed by atoms with E-state index in [1.54, 1.807) is 6.20 Å². The number of benzene rings is 2. The van der Waals surface area contributed by atoms with E-state index in [1.807, 2.05) is 25.1 Å². The van der Waals surface area contributed by atoms with Crippen molar-refractivity contribution in [2.75, 3.05) is 51.2 Å². The van der Waals surface area contributed by atoms with Gasteiger partial charge in [-0.05, 0) is 50.9 Å². The van der Waals surface area contributed by atoms with Crippen LogP contribution in [0.15, 0.2) is 24.4 Å². The SMILES string of the molecule is Cc1ccc2[nH]ncc2c1-c1c(Cl)cc2c(N3CCC4(CNC4)C3)nc(OC3CCN(C)CC3)nc2c1F. The highest BCUT2D eigenvalue weighted by Gasteiger charge is 2.44. The molecular formula is C28H31ClFN7O. The van der Waals surface area contributed by atoms with Crippen molar-refractivity contribution in [3.8, 4) is 17.1 Å². The van der Waals surface area contributed by atoms with Crippen LogP contribution in [-0.4, -0.2) is 77.5 Å². The van der Waals surface area contributed by atoms with Gasteiger partial charge in [0.15, 0.2) is 5.82 Å². The predicted molar refractivity (Wildman–Crippen MR) is 148 cm³/mol. The fourth-order valence-corrected chi connectivity index (χ4v) is 6.56. The van der Waals surface area contributed by atoms with Crippen LogP contribution in [0, 0.1) is 18.2 Å². The quantitative estimate of drug-likeness (QED) is 0.397. The lowest BCUT2D eigenvalue weighted by Crippen LogP contribution is -2.54. The number of aromatic nitrogens is 4. The third-order valence-electron chi connectivity index (χ3n) is 8.60. The molecule has 0 unspecified atom stereocenters. The molecule has 2 N–H and O–H groups in total. The van der Waals surface area contributed by atoms with E-state index in [9.17, 15) is 0 Å². The molecule has 8 nitrogen and oxygen atoms in total. The summed E-state index contributed by atoms with van der Waals surface area (Å²) in [5, 5.41) is 12.3. The highest BCUT2D eigenvalue weighted by molar-refractivity contribution is 6.35. The molecule has 3 aliphatic rings. The van der Waals surface area contributed by atoms with E-state index >= 15 is 4.39 Å². The summed E-state index contributed by atoms with van der Waals surface area (Å²) in [6, 6.07) is 5.96. The van der Waals surface area contributed by atoms with Crippen molar-refractivity contribution in [2.24, 2.45) is 5.41 Å². The minimum atomic E-state index is -0.458. The lowest BCUT2D eigenvalue weighted by atomic mass is 9.81. The number of piperidine rings is 1. The summed E-state index contributed by atoms with van der Waals surface area (Å²) in [5.41, 5.74) is 3.29. The van der Waals surface area contributed by atoms with E-state index in [0.717, 1.165) is 80.6 Å². The second-order valence-corrected chi connectivity index (χ2v) is 11.7. The number of hydrogen-bond acceptors (Lipinski definition) is 7. The van der Waals surface area contributed by atoms with Gasteiger partial charge in [0.25, 0.3) is 0 Å². The molecule has 3 aliphatic heterocycles. The summed E-state index contributed by atoms with van der Waals surface area (Å²) in [7, 11) is 2.11. The summed E-state index contributed by atoms with van der Waals surface area (Å²) >= 11 is 6.87. The zero-order valence-electron chi connectivity index (χ0n) is 21.7. The molecule has 0 atom stereocenters. The molecule has 0 amide bonds. The maximum Gasteiger partial charge on any atom is 0.319 e. The molecule has 0 aliphatic carbocycles. The molecule has 198 valence electrons. The van der Waals surface area contributed by atoms with Crippen LogP contribution in [0.3, 0.4) is 0 Å². The fourth-order valence-electron chi connectivity index (χ4n) is 6.28. The molecular weight excluding hydrogens is 505 g/mol. The summed E-state index contributed by atoms with van der Waals surface area (Å²) < 4.78 is 23.0. The van der Waals surface area contributed by atoms with Gasteiger partial charge in [0.1, 0.15) is 17.4 Å². The van der Waals surface area contributed by atoms with E-state index in [-0.39, 0.29) is 23.0 Å². The monoisotopic (exact) mass is 535 g/mol. The van der Waals surface area contributed by atoms with Crippen LogP contribution in [0.5, 0.6) is 6.01 Å². The minimum Gasteiger partial charge on any atom is -0.460 e. The lowest BCUT2D eigenvalue weighted by Gasteiger charge is -2.39. The summed E-state index contributed by atoms with van der Waals surface area (Å²) in [5.74, 6) is 0.243. The van der Waals surface area contributed by atoms with E-state index in [2.05, 4.69) is 37.3 Å². The predicted octanol–water partition coefficient (Wildman–Crippen LogP) is 4.55. The first-order chi connectivity index (χ1) is 18.4. The van der Waals surface area contributed by atoms with Gasteiger partial charge in [-0.15, -0.1) is 0 Å². The van der Waals surface area contributed by atoms with Crippen molar-refractivity contribution in [3.05, 3.63) is 40.8 Å². The number of H-pyrrole nitrogens is 1. The highest BCUT2D eigenvalue weighted by atomic mass is 35.5. The number of likely N-dealkylation sites (tertiary alicyclic amines) is 1. The van der Waals surface area contributed by atoms with Gasteiger partial charge >= 0.3 is 6.01 Å². The normalized spacial score (nSPS) is 20.1.